The second kappa shape index (κ2) is 11.5. The van der Waals surface area contributed by atoms with Gasteiger partial charge in [-0.05, 0) is 68.0 Å². The SMILES string of the molecule is COc1ccc(COCC[C@@H]2O[C@H](CO[Si](C)(C)C(C)(C)C)CC(O[Si](C)(C)C)=C2C)cc1. The molecule has 188 valence electrons. The van der Waals surface area contributed by atoms with Gasteiger partial charge in [0, 0.05) is 19.4 Å². The number of hydrogen-bond acceptors (Lipinski definition) is 5. The quantitative estimate of drug-likeness (QED) is 0.247. The zero-order valence-electron chi connectivity index (χ0n) is 22.5. The summed E-state index contributed by atoms with van der Waals surface area (Å²) in [5.41, 5.74) is 2.34. The lowest BCUT2D eigenvalue weighted by Gasteiger charge is -2.40. The third-order valence-electron chi connectivity index (χ3n) is 6.51. The van der Waals surface area contributed by atoms with Crippen LogP contribution in [0, 0.1) is 0 Å². The molecule has 1 heterocycles. The average Bonchev–Trinajstić information content (AvgIpc) is 2.71. The molecule has 0 N–H and O–H groups in total. The molecule has 1 aliphatic rings. The highest BCUT2D eigenvalue weighted by Gasteiger charge is 2.39. The maximum absolute atomic E-state index is 6.51. The number of benzene rings is 1. The van der Waals surface area contributed by atoms with Gasteiger partial charge in [0.05, 0.1) is 38.3 Å². The Balaban J connectivity index is 1.99. The van der Waals surface area contributed by atoms with E-state index in [1.807, 2.05) is 24.3 Å². The van der Waals surface area contributed by atoms with Gasteiger partial charge in [-0.15, -0.1) is 0 Å². The molecule has 0 radical (unpaired) electrons. The zero-order chi connectivity index (χ0) is 24.9. The fourth-order valence-corrected chi connectivity index (χ4v) is 5.44. The van der Waals surface area contributed by atoms with E-state index in [0.717, 1.165) is 29.9 Å². The van der Waals surface area contributed by atoms with Crippen molar-refractivity contribution in [3.8, 4) is 5.75 Å². The van der Waals surface area contributed by atoms with Crippen LogP contribution in [0.3, 0.4) is 0 Å². The maximum Gasteiger partial charge on any atom is 0.241 e. The normalized spacial score (nSPS) is 20.2. The molecule has 2 rings (SSSR count). The monoisotopic (exact) mass is 494 g/mol. The van der Waals surface area contributed by atoms with Crippen molar-refractivity contribution in [1.29, 1.82) is 0 Å². The molecule has 33 heavy (non-hydrogen) atoms. The van der Waals surface area contributed by atoms with E-state index in [4.69, 9.17) is 23.1 Å². The van der Waals surface area contributed by atoms with Crippen molar-refractivity contribution in [2.24, 2.45) is 0 Å². The number of methoxy groups -OCH3 is 1. The summed E-state index contributed by atoms with van der Waals surface area (Å²) < 4.78 is 30.7. The minimum Gasteiger partial charge on any atom is -0.547 e. The van der Waals surface area contributed by atoms with Crippen molar-refractivity contribution >= 4 is 16.6 Å². The van der Waals surface area contributed by atoms with Crippen LogP contribution in [0.1, 0.15) is 46.1 Å². The highest BCUT2D eigenvalue weighted by molar-refractivity contribution is 6.74. The Kier molecular flexibility index (Phi) is 9.83. The van der Waals surface area contributed by atoms with Crippen LogP contribution >= 0.6 is 0 Å². The van der Waals surface area contributed by atoms with E-state index >= 15 is 0 Å². The molecule has 1 aromatic carbocycles. The number of ether oxygens (including phenoxy) is 3. The molecule has 0 amide bonds. The minimum absolute atomic E-state index is 0.00557. The highest BCUT2D eigenvalue weighted by atomic mass is 28.4. The van der Waals surface area contributed by atoms with Gasteiger partial charge in [0.15, 0.2) is 8.32 Å². The van der Waals surface area contributed by atoms with Crippen LogP contribution in [0.25, 0.3) is 0 Å². The second-order valence-electron chi connectivity index (χ2n) is 11.5. The molecule has 1 aliphatic heterocycles. The summed E-state index contributed by atoms with van der Waals surface area (Å²) >= 11 is 0. The third kappa shape index (κ3) is 8.87. The number of rotatable bonds is 11. The molecule has 5 nitrogen and oxygen atoms in total. The lowest BCUT2D eigenvalue weighted by Crippen LogP contribution is -2.44. The Hall–Kier alpha value is -1.13. The lowest BCUT2D eigenvalue weighted by atomic mass is 10.0. The first kappa shape index (κ1) is 28.1. The van der Waals surface area contributed by atoms with Gasteiger partial charge in [0.2, 0.25) is 8.32 Å². The Morgan fingerprint density at radius 1 is 1.03 bits per heavy atom. The summed E-state index contributed by atoms with van der Waals surface area (Å²) in [6, 6.07) is 8.00. The zero-order valence-corrected chi connectivity index (χ0v) is 24.5. The van der Waals surface area contributed by atoms with Gasteiger partial charge in [-0.1, -0.05) is 32.9 Å². The van der Waals surface area contributed by atoms with E-state index in [9.17, 15) is 0 Å². The fourth-order valence-electron chi connectivity index (χ4n) is 3.42. The molecule has 0 aliphatic carbocycles. The van der Waals surface area contributed by atoms with Crippen LogP contribution < -0.4 is 4.74 Å². The standard InChI is InChI=1S/C26H46O5Si2/c1-20-24(15-16-28-18-21-11-13-22(27-5)14-12-21)30-23(17-25(20)31-32(6,7)8)19-29-33(9,10)26(2,3)4/h11-14,23-24H,15-19H2,1-10H3/t23-,24-/m0/s1. The molecule has 7 heteroatoms. The summed E-state index contributed by atoms with van der Waals surface area (Å²) in [5.74, 6) is 1.96. The Morgan fingerprint density at radius 2 is 1.67 bits per heavy atom. The molecule has 0 saturated heterocycles. The van der Waals surface area contributed by atoms with Gasteiger partial charge in [0.25, 0.3) is 0 Å². The fraction of sp³-hybridized carbons (Fsp3) is 0.692. The molecule has 0 aromatic heterocycles. The predicted molar refractivity (Wildman–Crippen MR) is 141 cm³/mol. The number of hydrogen-bond donors (Lipinski definition) is 0. The largest absolute Gasteiger partial charge is 0.547 e. The van der Waals surface area contributed by atoms with Crippen molar-refractivity contribution in [3.63, 3.8) is 0 Å². The van der Waals surface area contributed by atoms with E-state index in [-0.39, 0.29) is 17.2 Å². The van der Waals surface area contributed by atoms with Crippen LogP contribution in [0.4, 0.5) is 0 Å². The summed E-state index contributed by atoms with van der Waals surface area (Å²) in [7, 11) is -1.87. The Labute approximate surface area is 204 Å². The molecule has 0 fully saturated rings. The van der Waals surface area contributed by atoms with Crippen LogP contribution in [-0.2, 0) is 24.9 Å². The van der Waals surface area contributed by atoms with Gasteiger partial charge < -0.3 is 23.1 Å². The van der Waals surface area contributed by atoms with Crippen LogP contribution in [-0.4, -0.2) is 49.2 Å². The summed E-state index contributed by atoms with van der Waals surface area (Å²) in [5, 5.41) is 0.180. The third-order valence-corrected chi connectivity index (χ3v) is 11.9. The topological polar surface area (TPSA) is 46.2 Å². The van der Waals surface area contributed by atoms with Gasteiger partial charge >= 0.3 is 0 Å². The van der Waals surface area contributed by atoms with Crippen molar-refractivity contribution in [2.75, 3.05) is 20.3 Å². The minimum atomic E-state index is -1.83. The first-order chi connectivity index (χ1) is 15.2. The van der Waals surface area contributed by atoms with E-state index in [2.05, 4.69) is 60.4 Å². The first-order valence-electron chi connectivity index (χ1n) is 12.1. The van der Waals surface area contributed by atoms with E-state index in [0.29, 0.717) is 19.8 Å². The van der Waals surface area contributed by atoms with Gasteiger partial charge in [-0.3, -0.25) is 0 Å². The van der Waals surface area contributed by atoms with Gasteiger partial charge in [-0.2, -0.15) is 0 Å². The smallest absolute Gasteiger partial charge is 0.241 e. The molecular weight excluding hydrogens is 448 g/mol. The van der Waals surface area contributed by atoms with Crippen molar-refractivity contribution in [1.82, 2.24) is 0 Å². The maximum atomic E-state index is 6.51. The van der Waals surface area contributed by atoms with E-state index < -0.39 is 16.6 Å². The Bertz CT molecular complexity index is 775. The van der Waals surface area contributed by atoms with Crippen molar-refractivity contribution < 1.29 is 23.1 Å². The second-order valence-corrected chi connectivity index (χ2v) is 20.8. The molecule has 1 aromatic rings. The lowest BCUT2D eigenvalue weighted by molar-refractivity contribution is -0.0506. The molecule has 2 atom stereocenters. The average molecular weight is 495 g/mol. The summed E-state index contributed by atoms with van der Waals surface area (Å²) in [4.78, 5) is 0. The molecule has 0 saturated carbocycles. The predicted octanol–water partition coefficient (Wildman–Crippen LogP) is 6.91. The van der Waals surface area contributed by atoms with E-state index in [1.165, 1.54) is 5.57 Å². The van der Waals surface area contributed by atoms with Crippen LogP contribution in [0.2, 0.25) is 37.8 Å². The van der Waals surface area contributed by atoms with Gasteiger partial charge in [-0.25, -0.2) is 0 Å². The van der Waals surface area contributed by atoms with Crippen LogP contribution in [0.5, 0.6) is 5.75 Å². The van der Waals surface area contributed by atoms with Crippen LogP contribution in [0.15, 0.2) is 35.6 Å². The first-order valence-corrected chi connectivity index (χ1v) is 18.4. The Morgan fingerprint density at radius 3 is 2.21 bits per heavy atom. The summed E-state index contributed by atoms with van der Waals surface area (Å²) in [6.07, 6.45) is 1.60. The highest BCUT2D eigenvalue weighted by Crippen LogP contribution is 2.38. The van der Waals surface area contributed by atoms with E-state index in [1.54, 1.807) is 7.11 Å². The summed E-state index contributed by atoms with van der Waals surface area (Å²) in [6.45, 7) is 22.1. The molecule has 0 unspecified atom stereocenters. The molecule has 0 bridgehead atoms. The van der Waals surface area contributed by atoms with Gasteiger partial charge in [0.1, 0.15) is 5.75 Å². The molecular formula is C26H46O5Si2. The van der Waals surface area contributed by atoms with Crippen molar-refractivity contribution in [2.45, 2.75) is 97.1 Å². The molecule has 0 spiro atoms. The van der Waals surface area contributed by atoms with Crippen molar-refractivity contribution in [3.05, 3.63) is 41.2 Å².